The lowest BCUT2D eigenvalue weighted by Gasteiger charge is -2.33. The highest BCUT2D eigenvalue weighted by atomic mass is 16.5. The van der Waals surface area contributed by atoms with Crippen molar-refractivity contribution in [1.82, 2.24) is 0 Å². The highest BCUT2D eigenvalue weighted by Crippen LogP contribution is 2.41. The van der Waals surface area contributed by atoms with Crippen LogP contribution in [0.25, 0.3) is 0 Å². The Morgan fingerprint density at radius 2 is 1.82 bits per heavy atom. The van der Waals surface area contributed by atoms with Gasteiger partial charge in [0.05, 0.1) is 37.7 Å². The molecular formula is C26H31NO6. The number of benzene rings is 2. The van der Waals surface area contributed by atoms with Crippen LogP contribution in [-0.4, -0.2) is 44.4 Å². The number of hydrogen-bond acceptors (Lipinski definition) is 6. The van der Waals surface area contributed by atoms with E-state index in [1.54, 1.807) is 36.3 Å². The van der Waals surface area contributed by atoms with Gasteiger partial charge in [-0.1, -0.05) is 25.3 Å². The van der Waals surface area contributed by atoms with Crippen LogP contribution >= 0.6 is 0 Å². The van der Waals surface area contributed by atoms with Gasteiger partial charge in [-0.2, -0.15) is 0 Å². The number of nitrogens with zero attached hydrogens (tertiary/aromatic N) is 1. The fourth-order valence-corrected chi connectivity index (χ4v) is 4.76. The first-order chi connectivity index (χ1) is 15.9. The number of rotatable bonds is 7. The van der Waals surface area contributed by atoms with Crippen molar-refractivity contribution in [2.75, 3.05) is 32.3 Å². The summed E-state index contributed by atoms with van der Waals surface area (Å²) in [4.78, 5) is 26.1. The zero-order chi connectivity index (χ0) is 23.4. The highest BCUT2D eigenvalue weighted by Gasteiger charge is 2.35. The van der Waals surface area contributed by atoms with E-state index in [2.05, 4.69) is 0 Å². The third-order valence-electron chi connectivity index (χ3n) is 6.65. The molecule has 1 aliphatic carbocycles. The van der Waals surface area contributed by atoms with Crippen LogP contribution in [0, 0.1) is 5.92 Å². The molecule has 7 nitrogen and oxygen atoms in total. The van der Waals surface area contributed by atoms with Crippen molar-refractivity contribution in [3.8, 4) is 11.5 Å². The molecule has 2 fully saturated rings. The molecule has 7 heteroatoms. The van der Waals surface area contributed by atoms with Crippen LogP contribution in [0.5, 0.6) is 11.5 Å². The van der Waals surface area contributed by atoms with Crippen LogP contribution in [0.1, 0.15) is 54.4 Å². The summed E-state index contributed by atoms with van der Waals surface area (Å²) < 4.78 is 16.2. The minimum atomic E-state index is -0.821. The second-order valence-corrected chi connectivity index (χ2v) is 8.88. The molecule has 0 spiro atoms. The van der Waals surface area contributed by atoms with Crippen LogP contribution < -0.4 is 14.4 Å². The molecule has 2 aromatic rings. The van der Waals surface area contributed by atoms with Crippen molar-refractivity contribution in [3.63, 3.8) is 0 Å². The summed E-state index contributed by atoms with van der Waals surface area (Å²) in [6.07, 6.45) is 5.06. The van der Waals surface area contributed by atoms with Crippen LogP contribution in [0.3, 0.4) is 0 Å². The average molecular weight is 454 g/mol. The molecule has 0 aromatic heterocycles. The lowest BCUT2D eigenvalue weighted by Crippen LogP contribution is -2.29. The maximum Gasteiger partial charge on any atom is 0.337 e. The second kappa shape index (κ2) is 9.83. The van der Waals surface area contributed by atoms with Gasteiger partial charge in [-0.15, -0.1) is 0 Å². The Hall–Kier alpha value is -3.06. The predicted molar refractivity (Wildman–Crippen MR) is 124 cm³/mol. The van der Waals surface area contributed by atoms with Gasteiger partial charge in [0.15, 0.2) is 0 Å². The predicted octanol–water partition coefficient (Wildman–Crippen LogP) is 4.07. The SMILES string of the molecule is COC(=O)c1ccc(OCC2CC(=O)N(c3ccc(C4(O)CCCCC4)cc3OC)C2)cc1. The summed E-state index contributed by atoms with van der Waals surface area (Å²) in [7, 11) is 2.93. The van der Waals surface area contributed by atoms with E-state index >= 15 is 0 Å². The van der Waals surface area contributed by atoms with Crippen molar-refractivity contribution >= 4 is 17.6 Å². The van der Waals surface area contributed by atoms with Gasteiger partial charge in [0.2, 0.25) is 5.91 Å². The Kier molecular flexibility index (Phi) is 6.88. The smallest absolute Gasteiger partial charge is 0.337 e. The van der Waals surface area contributed by atoms with Gasteiger partial charge in [-0.3, -0.25) is 4.79 Å². The average Bonchev–Trinajstić information content (AvgIpc) is 3.22. The van der Waals surface area contributed by atoms with Gasteiger partial charge in [0.1, 0.15) is 11.5 Å². The Morgan fingerprint density at radius 3 is 2.48 bits per heavy atom. The topological polar surface area (TPSA) is 85.3 Å². The fourth-order valence-electron chi connectivity index (χ4n) is 4.76. The van der Waals surface area contributed by atoms with Crippen molar-refractivity contribution in [2.24, 2.45) is 5.92 Å². The summed E-state index contributed by atoms with van der Waals surface area (Å²) in [6, 6.07) is 12.4. The van der Waals surface area contributed by atoms with E-state index < -0.39 is 11.6 Å². The second-order valence-electron chi connectivity index (χ2n) is 8.88. The highest BCUT2D eigenvalue weighted by molar-refractivity contribution is 5.97. The minimum Gasteiger partial charge on any atom is -0.495 e. The van der Waals surface area contributed by atoms with E-state index in [1.165, 1.54) is 7.11 Å². The Morgan fingerprint density at radius 1 is 1.09 bits per heavy atom. The fraction of sp³-hybridized carbons (Fsp3) is 0.462. The van der Waals surface area contributed by atoms with Gasteiger partial charge in [-0.25, -0.2) is 4.79 Å². The Bertz CT molecular complexity index is 996. The molecule has 4 rings (SSSR count). The number of ether oxygens (including phenoxy) is 3. The number of methoxy groups -OCH3 is 2. The maximum absolute atomic E-state index is 12.8. The normalized spacial score (nSPS) is 19.9. The zero-order valence-corrected chi connectivity index (χ0v) is 19.2. The first kappa shape index (κ1) is 23.1. The number of anilines is 1. The quantitative estimate of drug-likeness (QED) is 0.637. The first-order valence-corrected chi connectivity index (χ1v) is 11.5. The number of hydrogen-bond donors (Lipinski definition) is 1. The zero-order valence-electron chi connectivity index (χ0n) is 19.2. The molecule has 1 saturated heterocycles. The Balaban J connectivity index is 1.42. The summed E-state index contributed by atoms with van der Waals surface area (Å²) in [5, 5.41) is 11.1. The molecule has 0 bridgehead atoms. The molecular weight excluding hydrogens is 422 g/mol. The van der Waals surface area contributed by atoms with Crippen molar-refractivity contribution in [2.45, 2.75) is 44.1 Å². The van der Waals surface area contributed by atoms with Gasteiger partial charge in [0.25, 0.3) is 0 Å². The van der Waals surface area contributed by atoms with E-state index in [1.807, 2.05) is 18.2 Å². The summed E-state index contributed by atoms with van der Waals surface area (Å²) in [5.74, 6) is 0.891. The van der Waals surface area contributed by atoms with Crippen molar-refractivity contribution in [3.05, 3.63) is 53.6 Å². The van der Waals surface area contributed by atoms with E-state index in [0.29, 0.717) is 36.6 Å². The first-order valence-electron chi connectivity index (χ1n) is 11.5. The van der Waals surface area contributed by atoms with Gasteiger partial charge in [-0.05, 0) is 54.8 Å². The molecule has 33 heavy (non-hydrogen) atoms. The van der Waals surface area contributed by atoms with Crippen LogP contribution in [0.2, 0.25) is 0 Å². The van der Waals surface area contributed by atoms with E-state index in [9.17, 15) is 14.7 Å². The van der Waals surface area contributed by atoms with Crippen LogP contribution in [0.4, 0.5) is 5.69 Å². The molecule has 1 N–H and O–H groups in total. The number of amides is 1. The van der Waals surface area contributed by atoms with E-state index in [4.69, 9.17) is 14.2 Å². The third-order valence-corrected chi connectivity index (χ3v) is 6.65. The summed E-state index contributed by atoms with van der Waals surface area (Å²) in [6.45, 7) is 0.916. The van der Waals surface area contributed by atoms with E-state index in [0.717, 1.165) is 43.4 Å². The number of carbonyl (C=O) groups is 2. The molecule has 1 unspecified atom stereocenters. The van der Waals surface area contributed by atoms with Gasteiger partial charge in [0, 0.05) is 18.9 Å². The van der Waals surface area contributed by atoms with Gasteiger partial charge < -0.3 is 24.2 Å². The Labute approximate surface area is 194 Å². The lowest BCUT2D eigenvalue weighted by molar-refractivity contribution is -0.117. The molecule has 1 saturated carbocycles. The number of aliphatic hydroxyl groups is 1. The van der Waals surface area contributed by atoms with Crippen molar-refractivity contribution < 1.29 is 28.9 Å². The maximum atomic E-state index is 12.8. The molecule has 0 radical (unpaired) electrons. The van der Waals surface area contributed by atoms with Crippen molar-refractivity contribution in [1.29, 1.82) is 0 Å². The van der Waals surface area contributed by atoms with E-state index in [-0.39, 0.29) is 11.8 Å². The summed E-state index contributed by atoms with van der Waals surface area (Å²) >= 11 is 0. The molecule has 1 amide bonds. The molecule has 1 atom stereocenters. The van der Waals surface area contributed by atoms with Crippen LogP contribution in [-0.2, 0) is 15.1 Å². The molecule has 2 aliphatic rings. The largest absolute Gasteiger partial charge is 0.495 e. The third kappa shape index (κ3) is 4.98. The monoisotopic (exact) mass is 453 g/mol. The standard InChI is InChI=1S/C26H31NO6/c1-31-23-15-20(26(30)12-4-3-5-13-26)8-11-22(23)27-16-18(14-24(27)28)17-33-21-9-6-19(7-10-21)25(29)32-2/h6-11,15,18,30H,3-5,12-14,16-17H2,1-2H3. The van der Waals surface area contributed by atoms with Gasteiger partial charge >= 0.3 is 5.97 Å². The molecule has 176 valence electrons. The number of carbonyl (C=O) groups excluding carboxylic acids is 2. The molecule has 1 heterocycles. The minimum absolute atomic E-state index is 0.0204. The lowest BCUT2D eigenvalue weighted by atomic mass is 9.79. The van der Waals surface area contributed by atoms with Crippen LogP contribution in [0.15, 0.2) is 42.5 Å². The number of esters is 1. The molecule has 1 aliphatic heterocycles. The summed E-state index contributed by atoms with van der Waals surface area (Å²) in [5.41, 5.74) is 1.21. The molecule has 2 aromatic carbocycles.